The molecule has 1 aliphatic rings. The third-order valence-corrected chi connectivity index (χ3v) is 10.7. The molecule has 3 heterocycles. The summed E-state index contributed by atoms with van der Waals surface area (Å²) in [4.78, 5) is 29.7. The third-order valence-electron chi connectivity index (χ3n) is 6.16. The van der Waals surface area contributed by atoms with E-state index in [0.717, 1.165) is 0 Å². The molecule has 0 amide bonds. The second kappa shape index (κ2) is 8.70. The van der Waals surface area contributed by atoms with Gasteiger partial charge < -0.3 is 18.6 Å². The Morgan fingerprint density at radius 3 is 2.56 bits per heavy atom. The van der Waals surface area contributed by atoms with Crippen molar-refractivity contribution >= 4 is 25.7 Å². The van der Waals surface area contributed by atoms with Crippen LogP contribution in [0.15, 0.2) is 30.6 Å². The smallest absolute Gasteiger partial charge is 0.303 e. The van der Waals surface area contributed by atoms with E-state index in [9.17, 15) is 9.59 Å². The van der Waals surface area contributed by atoms with Gasteiger partial charge in [-0.2, -0.15) is 0 Å². The van der Waals surface area contributed by atoms with E-state index in [0.29, 0.717) is 11.3 Å². The Kier molecular flexibility index (Phi) is 6.68. The van der Waals surface area contributed by atoms with E-state index < -0.39 is 38.4 Å². The Labute approximate surface area is 190 Å². The van der Waals surface area contributed by atoms with Gasteiger partial charge in [-0.15, -0.1) is 0 Å². The summed E-state index contributed by atoms with van der Waals surface area (Å²) in [6, 6.07) is 5.50. The molecular formula is C23H34N2O6Si. The molecule has 2 aromatic heterocycles. The normalized spacial score (nSPS) is 22.1. The zero-order chi connectivity index (χ0) is 23.9. The Morgan fingerprint density at radius 2 is 1.94 bits per heavy atom. The monoisotopic (exact) mass is 462 g/mol. The van der Waals surface area contributed by atoms with Gasteiger partial charge in [-0.1, -0.05) is 26.8 Å². The summed E-state index contributed by atoms with van der Waals surface area (Å²) in [7, 11) is -2.13. The Bertz CT molecular complexity index is 994. The number of hydrogen-bond donors (Lipinski definition) is 0. The van der Waals surface area contributed by atoms with Crippen molar-refractivity contribution < 1.29 is 28.2 Å². The first-order valence-electron chi connectivity index (χ1n) is 10.8. The van der Waals surface area contributed by atoms with Gasteiger partial charge in [0.1, 0.15) is 17.4 Å². The highest BCUT2D eigenvalue weighted by atomic mass is 28.4. The van der Waals surface area contributed by atoms with Crippen LogP contribution in [0.2, 0.25) is 18.1 Å². The predicted molar refractivity (Wildman–Crippen MR) is 122 cm³/mol. The number of imidazole rings is 1. The van der Waals surface area contributed by atoms with E-state index >= 15 is 0 Å². The molecule has 0 radical (unpaired) electrons. The summed E-state index contributed by atoms with van der Waals surface area (Å²) in [5, 5.41) is -0.0220. The van der Waals surface area contributed by atoms with Crippen molar-refractivity contribution in [3.63, 3.8) is 0 Å². The number of ether oxygens (including phenoxy) is 3. The molecule has 0 aliphatic carbocycles. The molecule has 0 N–H and O–H groups in total. The topological polar surface area (TPSA) is 88.4 Å². The number of pyridine rings is 1. The van der Waals surface area contributed by atoms with Crippen molar-refractivity contribution in [2.45, 2.75) is 83.8 Å². The summed E-state index contributed by atoms with van der Waals surface area (Å²) < 4.78 is 25.7. The third kappa shape index (κ3) is 5.11. The highest BCUT2D eigenvalue weighted by Crippen LogP contribution is 2.38. The molecule has 8 nitrogen and oxygen atoms in total. The van der Waals surface area contributed by atoms with Crippen molar-refractivity contribution in [1.82, 2.24) is 9.38 Å². The average Bonchev–Trinajstić information content (AvgIpc) is 3.24. The van der Waals surface area contributed by atoms with E-state index in [4.69, 9.17) is 18.6 Å². The van der Waals surface area contributed by atoms with Crippen molar-refractivity contribution in [3.05, 3.63) is 36.3 Å². The Hall–Kier alpha value is -2.07. The SMILES string of the molecule is CC(=O)O[C@H](CO[Si](C)(C)C(C)(C)C)[C@H]1OC(C)(C)O[C@H]1C(=O)c1cnc2ccccn12. The maximum Gasteiger partial charge on any atom is 0.303 e. The first-order chi connectivity index (χ1) is 14.7. The largest absolute Gasteiger partial charge is 0.457 e. The maximum atomic E-state index is 13.5. The van der Waals surface area contributed by atoms with Gasteiger partial charge in [-0.05, 0) is 44.1 Å². The van der Waals surface area contributed by atoms with Crippen LogP contribution >= 0.6 is 0 Å². The van der Waals surface area contributed by atoms with E-state index in [-0.39, 0.29) is 17.4 Å². The Balaban J connectivity index is 1.91. The van der Waals surface area contributed by atoms with Gasteiger partial charge in [0.2, 0.25) is 5.78 Å². The second-order valence-corrected chi connectivity index (χ2v) is 15.0. The summed E-state index contributed by atoms with van der Waals surface area (Å²) in [6.45, 7) is 15.6. The summed E-state index contributed by atoms with van der Waals surface area (Å²) in [6.07, 6.45) is 0.709. The molecule has 1 aliphatic heterocycles. The molecule has 176 valence electrons. The van der Waals surface area contributed by atoms with E-state index in [2.05, 4.69) is 38.8 Å². The fraction of sp³-hybridized carbons (Fsp3) is 0.609. The fourth-order valence-corrected chi connectivity index (χ4v) is 4.45. The zero-order valence-corrected chi connectivity index (χ0v) is 21.2. The molecule has 1 saturated heterocycles. The van der Waals surface area contributed by atoms with Crippen molar-refractivity contribution in [3.8, 4) is 0 Å². The lowest BCUT2D eigenvalue weighted by atomic mass is 10.0. The molecule has 0 unspecified atom stereocenters. The number of ketones is 1. The number of nitrogens with zero attached hydrogens (tertiary/aromatic N) is 2. The minimum absolute atomic E-state index is 0.0220. The molecule has 0 saturated carbocycles. The molecule has 9 heteroatoms. The van der Waals surface area contributed by atoms with Gasteiger partial charge in [0.25, 0.3) is 0 Å². The van der Waals surface area contributed by atoms with Gasteiger partial charge in [0.15, 0.2) is 26.3 Å². The molecule has 2 aromatic rings. The van der Waals surface area contributed by atoms with Crippen LogP contribution in [-0.2, 0) is 23.4 Å². The molecule has 32 heavy (non-hydrogen) atoms. The lowest BCUT2D eigenvalue weighted by molar-refractivity contribution is -0.172. The van der Waals surface area contributed by atoms with Gasteiger partial charge in [0, 0.05) is 13.1 Å². The minimum atomic E-state index is -2.13. The number of esters is 1. The summed E-state index contributed by atoms with van der Waals surface area (Å²) in [5.41, 5.74) is 1.03. The predicted octanol–water partition coefficient (Wildman–Crippen LogP) is 3.99. The molecule has 0 aromatic carbocycles. The van der Waals surface area contributed by atoms with Gasteiger partial charge >= 0.3 is 5.97 Å². The van der Waals surface area contributed by atoms with Gasteiger partial charge in [-0.25, -0.2) is 4.98 Å². The van der Waals surface area contributed by atoms with E-state index in [1.807, 2.05) is 18.2 Å². The second-order valence-electron chi connectivity index (χ2n) is 10.2. The molecule has 0 spiro atoms. The van der Waals surface area contributed by atoms with Crippen LogP contribution in [0, 0.1) is 0 Å². The summed E-state index contributed by atoms with van der Waals surface area (Å²) in [5.74, 6) is -1.78. The van der Waals surface area contributed by atoms with Crippen LogP contribution in [0.3, 0.4) is 0 Å². The van der Waals surface area contributed by atoms with Crippen LogP contribution in [0.5, 0.6) is 0 Å². The number of hydrogen-bond acceptors (Lipinski definition) is 7. The van der Waals surface area contributed by atoms with Crippen molar-refractivity contribution in [2.24, 2.45) is 0 Å². The fourth-order valence-electron chi connectivity index (χ4n) is 3.44. The van der Waals surface area contributed by atoms with E-state index in [1.54, 1.807) is 24.4 Å². The maximum absolute atomic E-state index is 13.5. The van der Waals surface area contributed by atoms with Crippen LogP contribution in [0.4, 0.5) is 0 Å². The number of aromatic nitrogens is 2. The molecular weight excluding hydrogens is 428 g/mol. The molecule has 0 bridgehead atoms. The lowest BCUT2D eigenvalue weighted by Gasteiger charge is -2.38. The number of Topliss-reactive ketones (excluding diaryl/α,β-unsaturated/α-hetero) is 1. The lowest BCUT2D eigenvalue weighted by Crippen LogP contribution is -2.49. The summed E-state index contributed by atoms with van der Waals surface area (Å²) >= 11 is 0. The van der Waals surface area contributed by atoms with Crippen molar-refractivity contribution in [1.29, 1.82) is 0 Å². The Morgan fingerprint density at radius 1 is 1.25 bits per heavy atom. The quantitative estimate of drug-likeness (QED) is 0.349. The first-order valence-corrected chi connectivity index (χ1v) is 13.8. The standard InChI is InChI=1S/C23H34N2O6Si/c1-15(26)29-17(14-28-32(7,8)22(2,3)4)20-21(31-23(5,6)30-20)19(27)16-13-24-18-11-9-10-12-25(16)18/h9-13,17,20-21H,14H2,1-8H3/t17-,20-,21+/m1/s1. The number of carbonyl (C=O) groups is 2. The number of carbonyl (C=O) groups excluding carboxylic acids is 2. The number of fused-ring (bicyclic) bond motifs is 1. The van der Waals surface area contributed by atoms with Gasteiger partial charge in [0.05, 0.1) is 12.8 Å². The van der Waals surface area contributed by atoms with Crippen molar-refractivity contribution in [2.75, 3.05) is 6.61 Å². The first kappa shape index (κ1) is 24.6. The molecule has 3 atom stereocenters. The minimum Gasteiger partial charge on any atom is -0.457 e. The highest BCUT2D eigenvalue weighted by Gasteiger charge is 2.51. The molecule has 1 fully saturated rings. The van der Waals surface area contributed by atoms with Gasteiger partial charge in [-0.3, -0.25) is 14.0 Å². The number of rotatable bonds is 7. The highest BCUT2D eigenvalue weighted by molar-refractivity contribution is 6.74. The van der Waals surface area contributed by atoms with Crippen LogP contribution in [0.25, 0.3) is 5.65 Å². The van der Waals surface area contributed by atoms with Crippen LogP contribution in [0.1, 0.15) is 52.0 Å². The zero-order valence-electron chi connectivity index (χ0n) is 20.2. The van der Waals surface area contributed by atoms with E-state index in [1.165, 1.54) is 13.1 Å². The molecule has 3 rings (SSSR count). The van der Waals surface area contributed by atoms with Crippen LogP contribution in [-0.4, -0.2) is 60.2 Å². The van der Waals surface area contributed by atoms with Crippen LogP contribution < -0.4 is 0 Å². The average molecular weight is 463 g/mol.